The summed E-state index contributed by atoms with van der Waals surface area (Å²) in [5.74, 6) is 1.50. The molecule has 1 aliphatic rings. The third kappa shape index (κ3) is 6.14. The summed E-state index contributed by atoms with van der Waals surface area (Å²) in [6, 6.07) is 4.94. The van der Waals surface area contributed by atoms with Crippen LogP contribution in [0.4, 0.5) is 0 Å². The van der Waals surface area contributed by atoms with Crippen LogP contribution in [0.25, 0.3) is 0 Å². The van der Waals surface area contributed by atoms with Gasteiger partial charge in [0.15, 0.2) is 5.96 Å². The molecule has 156 valence electrons. The quantitative estimate of drug-likeness (QED) is 0.325. The zero-order chi connectivity index (χ0) is 19.2. The van der Waals surface area contributed by atoms with E-state index >= 15 is 0 Å². The number of hydrogen-bond acceptors (Lipinski definition) is 5. The molecule has 2 N–H and O–H groups in total. The molecule has 1 saturated heterocycles. The summed E-state index contributed by atoms with van der Waals surface area (Å²) < 4.78 is 0. The summed E-state index contributed by atoms with van der Waals surface area (Å²) in [5.41, 5.74) is 1.10. The maximum absolute atomic E-state index is 4.80. The van der Waals surface area contributed by atoms with Gasteiger partial charge in [-0.25, -0.2) is 9.98 Å². The van der Waals surface area contributed by atoms with Crippen LogP contribution >= 0.6 is 46.7 Å². The van der Waals surface area contributed by atoms with Crippen LogP contribution in [0.5, 0.6) is 0 Å². The van der Waals surface area contributed by atoms with Crippen molar-refractivity contribution >= 4 is 52.6 Å². The van der Waals surface area contributed by atoms with Gasteiger partial charge in [0.05, 0.1) is 17.2 Å². The van der Waals surface area contributed by atoms with E-state index in [9.17, 15) is 0 Å². The van der Waals surface area contributed by atoms with Crippen molar-refractivity contribution in [1.82, 2.24) is 20.5 Å². The lowest BCUT2D eigenvalue weighted by atomic mass is 9.88. The smallest absolute Gasteiger partial charge is 0.191 e. The van der Waals surface area contributed by atoms with E-state index in [4.69, 9.17) is 4.99 Å². The van der Waals surface area contributed by atoms with Gasteiger partial charge in [-0.1, -0.05) is 6.07 Å². The summed E-state index contributed by atoms with van der Waals surface area (Å²) in [6.07, 6.45) is 2.52. The van der Waals surface area contributed by atoms with Crippen molar-refractivity contribution < 1.29 is 0 Å². The molecule has 0 spiro atoms. The Kier molecular flexibility index (Phi) is 9.65. The number of hydrogen-bond donors (Lipinski definition) is 2. The lowest BCUT2D eigenvalue weighted by molar-refractivity contribution is 0.125. The summed E-state index contributed by atoms with van der Waals surface area (Å²) >= 11 is 3.61. The van der Waals surface area contributed by atoms with Gasteiger partial charge >= 0.3 is 0 Å². The third-order valence-corrected chi connectivity index (χ3v) is 7.10. The van der Waals surface area contributed by atoms with Gasteiger partial charge in [0.25, 0.3) is 0 Å². The van der Waals surface area contributed by atoms with Crippen LogP contribution in [0.15, 0.2) is 22.5 Å². The number of piperidine rings is 1. The third-order valence-electron chi connectivity index (χ3n) is 5.10. The minimum absolute atomic E-state index is 0. The van der Waals surface area contributed by atoms with E-state index in [1.54, 1.807) is 11.3 Å². The molecule has 0 amide bonds. The molecule has 0 aromatic carbocycles. The average Bonchev–Trinajstić information content (AvgIpc) is 3.27. The Hall–Kier alpha value is -0.710. The Labute approximate surface area is 194 Å². The highest BCUT2D eigenvalue weighted by atomic mass is 127. The molecule has 0 saturated carbocycles. The standard InChI is InChI=1S/C20H31N5S2.HI/c1-5-21-20(23-13-18-14(2)24-15(3)27-18)22-12-16-8-6-10-25(4)19(16)17-9-7-11-26-17;/h7,9,11,16,19H,5-6,8,10,12-13H2,1-4H3,(H2,21,22,23);1H. The lowest BCUT2D eigenvalue weighted by Gasteiger charge is -2.39. The number of thiophene rings is 1. The fraction of sp³-hybridized carbons (Fsp3) is 0.600. The number of thiazole rings is 1. The van der Waals surface area contributed by atoms with Crippen molar-refractivity contribution in [3.63, 3.8) is 0 Å². The maximum Gasteiger partial charge on any atom is 0.191 e. The molecular formula is C20H32IN5S2. The van der Waals surface area contributed by atoms with Crippen LogP contribution in [0.2, 0.25) is 0 Å². The predicted molar refractivity (Wildman–Crippen MR) is 132 cm³/mol. The Morgan fingerprint density at radius 1 is 1.36 bits per heavy atom. The number of halogens is 1. The van der Waals surface area contributed by atoms with Crippen LogP contribution in [0.1, 0.15) is 46.3 Å². The van der Waals surface area contributed by atoms with Crippen molar-refractivity contribution in [2.24, 2.45) is 10.9 Å². The first kappa shape index (κ1) is 23.6. The maximum atomic E-state index is 4.80. The molecule has 8 heteroatoms. The van der Waals surface area contributed by atoms with E-state index in [1.807, 2.05) is 11.3 Å². The van der Waals surface area contributed by atoms with Crippen molar-refractivity contribution in [2.75, 3.05) is 26.7 Å². The van der Waals surface area contributed by atoms with Crippen molar-refractivity contribution in [3.05, 3.63) is 38.0 Å². The van der Waals surface area contributed by atoms with Gasteiger partial charge in [-0.3, -0.25) is 4.90 Å². The molecule has 1 fully saturated rings. The number of aryl methyl sites for hydroxylation is 2. The highest BCUT2D eigenvalue weighted by molar-refractivity contribution is 14.0. The van der Waals surface area contributed by atoms with Gasteiger partial charge in [0.1, 0.15) is 0 Å². The predicted octanol–water partition coefficient (Wildman–Crippen LogP) is 4.58. The first-order chi connectivity index (χ1) is 13.1. The van der Waals surface area contributed by atoms with Gasteiger partial charge < -0.3 is 10.6 Å². The molecule has 0 bridgehead atoms. The lowest BCUT2D eigenvalue weighted by Crippen LogP contribution is -2.44. The normalized spacial score (nSPS) is 20.6. The topological polar surface area (TPSA) is 52.6 Å². The molecule has 5 nitrogen and oxygen atoms in total. The van der Waals surface area contributed by atoms with Gasteiger partial charge in [-0.2, -0.15) is 0 Å². The largest absolute Gasteiger partial charge is 0.357 e. The average molecular weight is 534 g/mol. The summed E-state index contributed by atoms with van der Waals surface area (Å²) in [7, 11) is 2.25. The van der Waals surface area contributed by atoms with Crippen molar-refractivity contribution in [3.8, 4) is 0 Å². The van der Waals surface area contributed by atoms with Gasteiger partial charge in [-0.15, -0.1) is 46.7 Å². The zero-order valence-electron chi connectivity index (χ0n) is 17.2. The van der Waals surface area contributed by atoms with E-state index < -0.39 is 0 Å². The Morgan fingerprint density at radius 3 is 2.82 bits per heavy atom. The number of aliphatic imine (C=N–C) groups is 1. The van der Waals surface area contributed by atoms with E-state index in [-0.39, 0.29) is 24.0 Å². The second-order valence-corrected chi connectivity index (χ2v) is 9.43. The van der Waals surface area contributed by atoms with E-state index in [2.05, 4.69) is 65.8 Å². The zero-order valence-corrected chi connectivity index (χ0v) is 21.2. The number of aromatic nitrogens is 1. The van der Waals surface area contributed by atoms with Crippen molar-refractivity contribution in [1.29, 1.82) is 0 Å². The highest BCUT2D eigenvalue weighted by Crippen LogP contribution is 2.36. The Balaban J connectivity index is 0.00000280. The second kappa shape index (κ2) is 11.5. The van der Waals surface area contributed by atoms with E-state index in [0.717, 1.165) is 29.8 Å². The number of nitrogens with zero attached hydrogens (tertiary/aromatic N) is 3. The first-order valence-corrected chi connectivity index (χ1v) is 11.5. The minimum atomic E-state index is 0. The first-order valence-electron chi connectivity index (χ1n) is 9.77. The summed E-state index contributed by atoms with van der Waals surface area (Å²) in [4.78, 5) is 14.5. The van der Waals surface area contributed by atoms with Crippen LogP contribution in [-0.2, 0) is 6.54 Å². The Morgan fingerprint density at radius 2 is 2.18 bits per heavy atom. The number of nitrogens with one attached hydrogen (secondary N) is 2. The molecule has 3 heterocycles. The molecule has 1 aliphatic heterocycles. The molecule has 2 aromatic rings. The second-order valence-electron chi connectivity index (χ2n) is 7.16. The van der Waals surface area contributed by atoms with Gasteiger partial charge in [0, 0.05) is 28.9 Å². The molecule has 2 unspecified atom stereocenters. The fourth-order valence-corrected chi connectivity index (χ4v) is 5.67. The molecule has 28 heavy (non-hydrogen) atoms. The monoisotopic (exact) mass is 533 g/mol. The number of rotatable bonds is 6. The van der Waals surface area contributed by atoms with Crippen molar-refractivity contribution in [2.45, 2.75) is 46.2 Å². The van der Waals surface area contributed by atoms with Crippen LogP contribution < -0.4 is 10.6 Å². The molecule has 2 aromatic heterocycles. The molecule has 3 rings (SSSR count). The van der Waals surface area contributed by atoms with Gasteiger partial charge in [-0.05, 0) is 64.6 Å². The summed E-state index contributed by atoms with van der Waals surface area (Å²) in [5, 5.41) is 10.3. The molecule has 0 aliphatic carbocycles. The minimum Gasteiger partial charge on any atom is -0.357 e. The molecule has 2 atom stereocenters. The summed E-state index contributed by atoms with van der Waals surface area (Å²) in [6.45, 7) is 9.91. The number of guanidine groups is 1. The SMILES string of the molecule is CCNC(=NCc1sc(C)nc1C)NCC1CCCN(C)C1c1cccs1.I. The molecular weight excluding hydrogens is 501 g/mol. The number of likely N-dealkylation sites (tertiary alicyclic amines) is 1. The highest BCUT2D eigenvalue weighted by Gasteiger charge is 2.31. The fourth-order valence-electron chi connectivity index (χ4n) is 3.82. The van der Waals surface area contributed by atoms with Crippen LogP contribution in [0, 0.1) is 19.8 Å². The van der Waals surface area contributed by atoms with Gasteiger partial charge in [0.2, 0.25) is 0 Å². The van der Waals surface area contributed by atoms with E-state index in [0.29, 0.717) is 18.5 Å². The Bertz CT molecular complexity index is 744. The van der Waals surface area contributed by atoms with Crippen LogP contribution in [-0.4, -0.2) is 42.5 Å². The van der Waals surface area contributed by atoms with E-state index in [1.165, 1.54) is 29.1 Å². The molecule has 0 radical (unpaired) electrons. The van der Waals surface area contributed by atoms with Crippen LogP contribution in [0.3, 0.4) is 0 Å².